The van der Waals surface area contributed by atoms with E-state index in [1.165, 1.54) is 25.7 Å². The summed E-state index contributed by atoms with van der Waals surface area (Å²) in [7, 11) is 0. The number of aromatic hydroxyl groups is 1. The minimum Gasteiger partial charge on any atom is -0.508 e. The lowest BCUT2D eigenvalue weighted by Crippen LogP contribution is -2.28. The Morgan fingerprint density at radius 2 is 1.96 bits per heavy atom. The third-order valence-electron chi connectivity index (χ3n) is 5.63. The second-order valence-corrected chi connectivity index (χ2v) is 7.66. The number of benzene rings is 1. The van der Waals surface area contributed by atoms with Crippen molar-refractivity contribution < 1.29 is 5.11 Å². The van der Waals surface area contributed by atoms with Crippen LogP contribution >= 0.6 is 0 Å². The lowest BCUT2D eigenvalue weighted by atomic mass is 9.80. The minimum absolute atomic E-state index is 0.250. The number of hydrogen-bond acceptors (Lipinski definition) is 4. The molecule has 5 nitrogen and oxygen atoms in total. The van der Waals surface area contributed by atoms with Crippen LogP contribution in [0.15, 0.2) is 42.9 Å². The van der Waals surface area contributed by atoms with E-state index >= 15 is 0 Å². The van der Waals surface area contributed by atoms with Crippen LogP contribution in [-0.2, 0) is 0 Å². The third kappa shape index (κ3) is 3.26. The van der Waals surface area contributed by atoms with E-state index in [9.17, 15) is 5.11 Å². The fourth-order valence-electron chi connectivity index (χ4n) is 4.02. The molecule has 1 aliphatic carbocycles. The molecule has 0 amide bonds. The fourth-order valence-corrected chi connectivity index (χ4v) is 4.02. The zero-order chi connectivity index (χ0) is 18.1. The van der Waals surface area contributed by atoms with Crippen molar-refractivity contribution in [1.82, 2.24) is 14.4 Å². The van der Waals surface area contributed by atoms with Crippen LogP contribution in [0.1, 0.15) is 39.5 Å². The van der Waals surface area contributed by atoms with Crippen molar-refractivity contribution in [2.45, 2.75) is 45.6 Å². The fraction of sp³-hybridized carbons (Fsp3) is 0.429. The molecule has 0 spiro atoms. The van der Waals surface area contributed by atoms with Crippen molar-refractivity contribution in [3.8, 4) is 17.0 Å². The molecule has 0 saturated heterocycles. The van der Waals surface area contributed by atoms with Crippen LogP contribution in [-0.4, -0.2) is 25.5 Å². The molecule has 4 rings (SSSR count). The van der Waals surface area contributed by atoms with Crippen LogP contribution in [0.5, 0.6) is 5.75 Å². The van der Waals surface area contributed by atoms with E-state index < -0.39 is 0 Å². The summed E-state index contributed by atoms with van der Waals surface area (Å²) in [5.41, 5.74) is 2.67. The molecule has 5 heteroatoms. The van der Waals surface area contributed by atoms with Gasteiger partial charge < -0.3 is 10.4 Å². The van der Waals surface area contributed by atoms with E-state index in [0.29, 0.717) is 6.04 Å². The van der Waals surface area contributed by atoms with Crippen molar-refractivity contribution in [1.29, 1.82) is 0 Å². The Morgan fingerprint density at radius 1 is 1.15 bits per heavy atom. The Hall–Kier alpha value is -2.56. The van der Waals surface area contributed by atoms with Crippen LogP contribution in [0, 0.1) is 11.8 Å². The zero-order valence-electron chi connectivity index (χ0n) is 15.4. The van der Waals surface area contributed by atoms with Gasteiger partial charge in [-0.2, -0.15) is 0 Å². The molecule has 26 heavy (non-hydrogen) atoms. The summed E-state index contributed by atoms with van der Waals surface area (Å²) in [6, 6.07) is 7.69. The normalized spacial score (nSPS) is 20.6. The topological polar surface area (TPSA) is 62.5 Å². The molecule has 0 atom stereocenters. The first-order valence-electron chi connectivity index (χ1n) is 9.50. The molecule has 0 unspecified atom stereocenters. The molecular weight excluding hydrogens is 324 g/mol. The van der Waals surface area contributed by atoms with E-state index in [0.717, 1.165) is 34.6 Å². The number of imidazole rings is 1. The first-order chi connectivity index (χ1) is 12.6. The molecule has 0 aliphatic heterocycles. The molecule has 2 heterocycles. The number of nitrogens with one attached hydrogen (secondary N) is 1. The maximum absolute atomic E-state index is 9.77. The van der Waals surface area contributed by atoms with Gasteiger partial charge in [-0.1, -0.05) is 26.0 Å². The third-order valence-corrected chi connectivity index (χ3v) is 5.63. The largest absolute Gasteiger partial charge is 0.508 e. The first-order valence-corrected chi connectivity index (χ1v) is 9.50. The van der Waals surface area contributed by atoms with Gasteiger partial charge in [0, 0.05) is 24.0 Å². The highest BCUT2D eigenvalue weighted by Crippen LogP contribution is 2.32. The average molecular weight is 350 g/mol. The van der Waals surface area contributed by atoms with Gasteiger partial charge >= 0.3 is 0 Å². The van der Waals surface area contributed by atoms with E-state index in [4.69, 9.17) is 0 Å². The summed E-state index contributed by atoms with van der Waals surface area (Å²) in [4.78, 5) is 9.17. The van der Waals surface area contributed by atoms with E-state index in [2.05, 4.69) is 29.1 Å². The Labute approximate surface area is 154 Å². The highest BCUT2D eigenvalue weighted by Gasteiger charge is 2.24. The number of rotatable bonds is 4. The average Bonchev–Trinajstić information content (AvgIpc) is 3.12. The Balaban J connectivity index is 1.58. The quantitative estimate of drug-likeness (QED) is 0.714. The van der Waals surface area contributed by atoms with Crippen LogP contribution in [0.3, 0.4) is 0 Å². The maximum atomic E-state index is 9.77. The molecule has 1 aliphatic rings. The van der Waals surface area contributed by atoms with Crippen molar-refractivity contribution in [3.05, 3.63) is 42.9 Å². The minimum atomic E-state index is 0.250. The van der Waals surface area contributed by atoms with Gasteiger partial charge in [-0.05, 0) is 49.7 Å². The lowest BCUT2D eigenvalue weighted by molar-refractivity contribution is 0.267. The van der Waals surface area contributed by atoms with Crippen molar-refractivity contribution >= 4 is 11.5 Å². The van der Waals surface area contributed by atoms with Gasteiger partial charge in [0.05, 0.1) is 11.9 Å². The molecule has 1 fully saturated rings. The van der Waals surface area contributed by atoms with Gasteiger partial charge in [0.2, 0.25) is 0 Å². The number of anilines is 1. The number of nitrogens with zero attached hydrogens (tertiary/aromatic N) is 3. The van der Waals surface area contributed by atoms with Gasteiger partial charge in [0.1, 0.15) is 5.75 Å². The second-order valence-electron chi connectivity index (χ2n) is 7.66. The molecular formula is C21H26N4O. The van der Waals surface area contributed by atoms with E-state index in [-0.39, 0.29) is 5.75 Å². The molecule has 3 aromatic rings. The Morgan fingerprint density at radius 3 is 2.69 bits per heavy atom. The SMILES string of the molecule is CC(C)C1CCC(Nc2ncc(-c3cccc(O)c3)n3ccnc23)CC1. The summed E-state index contributed by atoms with van der Waals surface area (Å²) >= 11 is 0. The summed E-state index contributed by atoms with van der Waals surface area (Å²) in [6.07, 6.45) is 10.5. The van der Waals surface area contributed by atoms with E-state index in [1.54, 1.807) is 18.3 Å². The highest BCUT2D eigenvalue weighted by atomic mass is 16.3. The van der Waals surface area contributed by atoms with Gasteiger partial charge in [0.15, 0.2) is 11.5 Å². The Bertz CT molecular complexity index is 894. The predicted molar refractivity (Wildman–Crippen MR) is 104 cm³/mol. The molecule has 1 aromatic carbocycles. The molecule has 0 bridgehead atoms. The first kappa shape index (κ1) is 16.9. The van der Waals surface area contributed by atoms with E-state index in [1.807, 2.05) is 28.9 Å². The predicted octanol–water partition coefficient (Wildman–Crippen LogP) is 4.73. The van der Waals surface area contributed by atoms with Crippen LogP contribution in [0.25, 0.3) is 16.9 Å². The summed E-state index contributed by atoms with van der Waals surface area (Å²) < 4.78 is 2.03. The standard InChI is InChI=1S/C21H26N4O/c1-14(2)15-6-8-17(9-7-15)24-20-21-22-10-11-25(21)19(13-23-20)16-4-3-5-18(26)12-16/h3-5,10-15,17,26H,6-9H2,1-2H3,(H,23,24). The van der Waals surface area contributed by atoms with Crippen LogP contribution in [0.4, 0.5) is 5.82 Å². The summed E-state index contributed by atoms with van der Waals surface area (Å²) in [5, 5.41) is 13.4. The number of fused-ring (bicyclic) bond motifs is 1. The monoisotopic (exact) mass is 350 g/mol. The number of aromatic nitrogens is 3. The van der Waals surface area contributed by atoms with Gasteiger partial charge in [-0.15, -0.1) is 0 Å². The summed E-state index contributed by atoms with van der Waals surface area (Å²) in [5.74, 6) is 2.71. The molecule has 0 radical (unpaired) electrons. The van der Waals surface area contributed by atoms with Crippen molar-refractivity contribution in [2.24, 2.45) is 11.8 Å². The molecule has 136 valence electrons. The highest BCUT2D eigenvalue weighted by molar-refractivity contribution is 5.71. The summed E-state index contributed by atoms with van der Waals surface area (Å²) in [6.45, 7) is 4.66. The number of phenols is 1. The number of phenolic OH excluding ortho intramolecular Hbond substituents is 1. The van der Waals surface area contributed by atoms with Crippen molar-refractivity contribution in [2.75, 3.05) is 5.32 Å². The smallest absolute Gasteiger partial charge is 0.180 e. The second kappa shape index (κ2) is 6.98. The lowest BCUT2D eigenvalue weighted by Gasteiger charge is -2.31. The van der Waals surface area contributed by atoms with Crippen LogP contribution in [0.2, 0.25) is 0 Å². The zero-order valence-corrected chi connectivity index (χ0v) is 15.4. The maximum Gasteiger partial charge on any atom is 0.180 e. The van der Waals surface area contributed by atoms with Crippen molar-refractivity contribution in [3.63, 3.8) is 0 Å². The van der Waals surface area contributed by atoms with Gasteiger partial charge in [0.25, 0.3) is 0 Å². The Kier molecular flexibility index (Phi) is 4.53. The number of hydrogen-bond donors (Lipinski definition) is 2. The molecule has 1 saturated carbocycles. The van der Waals surface area contributed by atoms with Crippen LogP contribution < -0.4 is 5.32 Å². The molecule has 2 aromatic heterocycles. The van der Waals surface area contributed by atoms with Gasteiger partial charge in [-0.25, -0.2) is 9.97 Å². The van der Waals surface area contributed by atoms with Gasteiger partial charge in [-0.3, -0.25) is 4.40 Å². The molecule has 2 N–H and O–H groups in total.